The van der Waals surface area contributed by atoms with Gasteiger partial charge in [-0.15, -0.1) is 0 Å². The molecular formula is C23H32N4O2. The fraction of sp³-hybridized carbons (Fsp3) is 0.565. The van der Waals surface area contributed by atoms with Crippen LogP contribution in [0.1, 0.15) is 43.7 Å². The highest BCUT2D eigenvalue weighted by atomic mass is 16.5. The zero-order valence-corrected chi connectivity index (χ0v) is 17.6. The Morgan fingerprint density at radius 2 is 2.03 bits per heavy atom. The van der Waals surface area contributed by atoms with Gasteiger partial charge in [0.25, 0.3) is 0 Å². The Hall–Kier alpha value is -2.34. The lowest BCUT2D eigenvalue weighted by Crippen LogP contribution is -2.38. The van der Waals surface area contributed by atoms with Crippen molar-refractivity contribution in [3.05, 3.63) is 47.8 Å². The molecule has 0 saturated heterocycles. The minimum atomic E-state index is -0.291. The molecule has 0 atom stereocenters. The van der Waals surface area contributed by atoms with Gasteiger partial charge < -0.3 is 9.64 Å². The van der Waals surface area contributed by atoms with E-state index in [1.807, 2.05) is 28.9 Å². The first kappa shape index (κ1) is 20.0. The Labute approximate surface area is 173 Å². The van der Waals surface area contributed by atoms with E-state index in [1.54, 1.807) is 0 Å². The molecule has 1 aliphatic carbocycles. The van der Waals surface area contributed by atoms with E-state index in [0.29, 0.717) is 6.61 Å². The lowest BCUT2D eigenvalue weighted by Gasteiger charge is -2.26. The van der Waals surface area contributed by atoms with Gasteiger partial charge in [-0.2, -0.15) is 5.10 Å². The molecule has 2 heterocycles. The third-order valence-electron chi connectivity index (χ3n) is 6.11. The number of fused-ring (bicyclic) bond motifs is 2. The van der Waals surface area contributed by atoms with Gasteiger partial charge in [0.1, 0.15) is 12.4 Å². The Balaban J connectivity index is 1.51. The smallest absolute Gasteiger partial charge is 0.231 e. The molecular weight excluding hydrogens is 364 g/mol. The standard InChI is InChI=1S/C23H32N4O2/c1-3-27-17-20(14-24-27)16-26-12-5-4-11-25(2)22(28)23(9-10-23)18-29-21-8-6-7-19(13-21)15-26/h6-8,13-14,17H,3-5,9-12,15-16,18H2,1-2H3. The molecule has 1 aliphatic heterocycles. The molecule has 0 unspecified atom stereocenters. The summed E-state index contributed by atoms with van der Waals surface area (Å²) in [5, 5.41) is 4.41. The molecule has 4 rings (SSSR count). The van der Waals surface area contributed by atoms with Gasteiger partial charge in [-0.1, -0.05) is 12.1 Å². The summed E-state index contributed by atoms with van der Waals surface area (Å²) in [5.41, 5.74) is 2.19. The second-order valence-corrected chi connectivity index (χ2v) is 8.57. The quantitative estimate of drug-likeness (QED) is 0.799. The van der Waals surface area contributed by atoms with Gasteiger partial charge in [-0.25, -0.2) is 0 Å². The SMILES string of the molecule is CCn1cc(CN2CCCCN(C)C(=O)C3(CC3)COc3cccc(c3)C2)cn1. The molecule has 0 radical (unpaired) electrons. The van der Waals surface area contributed by atoms with Gasteiger partial charge in [0, 0.05) is 45.0 Å². The molecule has 0 N–H and O–H groups in total. The average Bonchev–Trinajstić information content (AvgIpc) is 3.39. The predicted molar refractivity (Wildman–Crippen MR) is 112 cm³/mol. The summed E-state index contributed by atoms with van der Waals surface area (Å²) < 4.78 is 8.05. The molecule has 6 heteroatoms. The van der Waals surface area contributed by atoms with Crippen LogP contribution in [0.2, 0.25) is 0 Å². The van der Waals surface area contributed by atoms with Crippen LogP contribution in [0.3, 0.4) is 0 Å². The predicted octanol–water partition coefficient (Wildman–Crippen LogP) is 3.32. The van der Waals surface area contributed by atoms with Crippen molar-refractivity contribution in [2.45, 2.75) is 52.2 Å². The van der Waals surface area contributed by atoms with E-state index >= 15 is 0 Å². The van der Waals surface area contributed by atoms with Gasteiger partial charge in [0.2, 0.25) is 5.91 Å². The molecule has 1 amide bonds. The summed E-state index contributed by atoms with van der Waals surface area (Å²) in [7, 11) is 1.94. The van der Waals surface area contributed by atoms with Gasteiger partial charge in [-0.3, -0.25) is 14.4 Å². The highest BCUT2D eigenvalue weighted by Gasteiger charge is 2.52. The van der Waals surface area contributed by atoms with Crippen molar-refractivity contribution in [3.63, 3.8) is 0 Å². The van der Waals surface area contributed by atoms with Crippen LogP contribution in [0.25, 0.3) is 0 Å². The summed E-state index contributed by atoms with van der Waals surface area (Å²) in [4.78, 5) is 17.3. The van der Waals surface area contributed by atoms with Crippen LogP contribution in [-0.2, 0) is 24.4 Å². The van der Waals surface area contributed by atoms with Crippen molar-refractivity contribution in [1.29, 1.82) is 0 Å². The van der Waals surface area contributed by atoms with E-state index in [1.165, 1.54) is 11.1 Å². The number of hydrogen-bond acceptors (Lipinski definition) is 4. The second-order valence-electron chi connectivity index (χ2n) is 8.57. The number of hydrogen-bond donors (Lipinski definition) is 0. The normalized spacial score (nSPS) is 20.3. The minimum Gasteiger partial charge on any atom is -0.492 e. The maximum Gasteiger partial charge on any atom is 0.231 e. The van der Waals surface area contributed by atoms with Crippen LogP contribution < -0.4 is 4.74 Å². The summed E-state index contributed by atoms with van der Waals surface area (Å²) in [6.45, 7) is 7.05. The average molecular weight is 397 g/mol. The zero-order chi connectivity index (χ0) is 20.3. The first-order valence-corrected chi connectivity index (χ1v) is 10.8. The maximum absolute atomic E-state index is 12.9. The van der Waals surface area contributed by atoms with Crippen molar-refractivity contribution in [1.82, 2.24) is 19.6 Å². The van der Waals surface area contributed by atoms with Crippen LogP contribution in [0.5, 0.6) is 5.75 Å². The van der Waals surface area contributed by atoms with Gasteiger partial charge in [0.05, 0.1) is 11.6 Å². The van der Waals surface area contributed by atoms with E-state index in [2.05, 4.69) is 41.3 Å². The topological polar surface area (TPSA) is 50.6 Å². The molecule has 6 nitrogen and oxygen atoms in total. The van der Waals surface area contributed by atoms with Crippen LogP contribution >= 0.6 is 0 Å². The van der Waals surface area contributed by atoms with E-state index in [9.17, 15) is 4.79 Å². The molecule has 1 aromatic heterocycles. The number of aromatic nitrogens is 2. The van der Waals surface area contributed by atoms with Crippen molar-refractivity contribution >= 4 is 5.91 Å². The van der Waals surface area contributed by atoms with Gasteiger partial charge in [0.15, 0.2) is 0 Å². The van der Waals surface area contributed by atoms with E-state index in [-0.39, 0.29) is 11.3 Å². The Kier molecular flexibility index (Phi) is 5.90. The molecule has 1 fully saturated rings. The second kappa shape index (κ2) is 8.57. The summed E-state index contributed by atoms with van der Waals surface area (Å²) in [6.07, 6.45) is 8.07. The summed E-state index contributed by atoms with van der Waals surface area (Å²) >= 11 is 0. The molecule has 1 aromatic carbocycles. The number of aryl methyl sites for hydroxylation is 1. The third-order valence-corrected chi connectivity index (χ3v) is 6.11. The molecule has 2 bridgehead atoms. The molecule has 156 valence electrons. The summed E-state index contributed by atoms with van der Waals surface area (Å²) in [6, 6.07) is 8.33. The number of amides is 1. The van der Waals surface area contributed by atoms with Crippen LogP contribution in [0.4, 0.5) is 0 Å². The van der Waals surface area contributed by atoms with E-state index in [4.69, 9.17) is 4.74 Å². The third kappa shape index (κ3) is 4.81. The molecule has 29 heavy (non-hydrogen) atoms. The number of benzene rings is 1. The van der Waals surface area contributed by atoms with Crippen LogP contribution in [0, 0.1) is 5.41 Å². The first-order valence-electron chi connectivity index (χ1n) is 10.8. The molecule has 1 spiro atoms. The van der Waals surface area contributed by atoms with Crippen molar-refractivity contribution in [2.75, 3.05) is 26.7 Å². The van der Waals surface area contributed by atoms with Crippen molar-refractivity contribution in [3.8, 4) is 5.75 Å². The highest BCUT2D eigenvalue weighted by molar-refractivity contribution is 5.85. The van der Waals surface area contributed by atoms with Gasteiger partial charge >= 0.3 is 0 Å². The van der Waals surface area contributed by atoms with Crippen molar-refractivity contribution in [2.24, 2.45) is 5.41 Å². The zero-order valence-electron chi connectivity index (χ0n) is 17.6. The van der Waals surface area contributed by atoms with Crippen molar-refractivity contribution < 1.29 is 9.53 Å². The fourth-order valence-electron chi connectivity index (χ4n) is 4.11. The molecule has 1 saturated carbocycles. The fourth-order valence-corrected chi connectivity index (χ4v) is 4.11. The number of rotatable bonds is 3. The lowest BCUT2D eigenvalue weighted by atomic mass is 10.1. The molecule has 2 aliphatic rings. The Morgan fingerprint density at radius 3 is 2.79 bits per heavy atom. The number of carbonyl (C=O) groups excluding carboxylic acids is 1. The largest absolute Gasteiger partial charge is 0.492 e. The lowest BCUT2D eigenvalue weighted by molar-refractivity contribution is -0.136. The van der Waals surface area contributed by atoms with E-state index < -0.39 is 0 Å². The monoisotopic (exact) mass is 396 g/mol. The van der Waals surface area contributed by atoms with Crippen LogP contribution in [0.15, 0.2) is 36.7 Å². The Bertz CT molecular complexity index is 843. The highest BCUT2D eigenvalue weighted by Crippen LogP contribution is 2.47. The number of ether oxygens (including phenoxy) is 1. The van der Waals surface area contributed by atoms with E-state index in [0.717, 1.165) is 64.2 Å². The first-order chi connectivity index (χ1) is 14.1. The Morgan fingerprint density at radius 1 is 1.21 bits per heavy atom. The van der Waals surface area contributed by atoms with Gasteiger partial charge in [-0.05, 0) is 56.8 Å². The number of carbonyl (C=O) groups is 1. The number of nitrogens with zero attached hydrogens (tertiary/aromatic N) is 4. The maximum atomic E-state index is 12.9. The minimum absolute atomic E-state index is 0.245. The summed E-state index contributed by atoms with van der Waals surface area (Å²) in [5.74, 6) is 1.11. The molecule has 2 aromatic rings. The van der Waals surface area contributed by atoms with Crippen LogP contribution in [-0.4, -0.2) is 52.2 Å².